The van der Waals surface area contributed by atoms with Gasteiger partial charge in [-0.05, 0) is 34.1 Å². The van der Waals surface area contributed by atoms with Crippen LogP contribution in [0.25, 0.3) is 32.9 Å². The van der Waals surface area contributed by atoms with Crippen molar-refractivity contribution in [3.05, 3.63) is 70.8 Å². The fraction of sp³-hybridized carbons (Fsp3) is 0.240. The van der Waals surface area contributed by atoms with Crippen LogP contribution < -0.4 is 5.32 Å². The predicted octanol–water partition coefficient (Wildman–Crippen LogP) is 4.40. The SMILES string of the molecule is O=C1NCc2c1c1c(c3[nH]c4ccccc4c23)C(C2CSCC2O)c2ccccc2-1. The molecule has 1 fully saturated rings. The summed E-state index contributed by atoms with van der Waals surface area (Å²) in [6.45, 7) is 0.564. The van der Waals surface area contributed by atoms with Crippen molar-refractivity contribution in [1.29, 1.82) is 0 Å². The molecule has 3 aliphatic rings. The van der Waals surface area contributed by atoms with Crippen LogP contribution in [0.1, 0.15) is 33.0 Å². The number of benzene rings is 3. The van der Waals surface area contributed by atoms with Gasteiger partial charge in [0.1, 0.15) is 0 Å². The average molecular weight is 413 g/mol. The van der Waals surface area contributed by atoms with Crippen molar-refractivity contribution >= 4 is 39.5 Å². The molecule has 0 saturated carbocycles. The number of H-pyrrole nitrogens is 1. The second-order valence-electron chi connectivity index (χ2n) is 8.58. The fourth-order valence-electron chi connectivity index (χ4n) is 5.94. The highest BCUT2D eigenvalue weighted by atomic mass is 32.2. The summed E-state index contributed by atoms with van der Waals surface area (Å²) in [5.41, 5.74) is 8.82. The molecular formula is C25H20N2O2S. The van der Waals surface area contributed by atoms with E-state index in [1.54, 1.807) is 0 Å². The number of fused-ring (bicyclic) bond motifs is 10. The molecule has 3 N–H and O–H groups in total. The van der Waals surface area contributed by atoms with Crippen LogP contribution >= 0.6 is 11.8 Å². The van der Waals surface area contributed by atoms with Crippen LogP contribution in [0.3, 0.4) is 0 Å². The second-order valence-corrected chi connectivity index (χ2v) is 9.65. The quantitative estimate of drug-likeness (QED) is 0.434. The summed E-state index contributed by atoms with van der Waals surface area (Å²) >= 11 is 1.82. The van der Waals surface area contributed by atoms with Gasteiger partial charge in [-0.25, -0.2) is 0 Å². The van der Waals surface area contributed by atoms with Crippen LogP contribution in [0.5, 0.6) is 0 Å². The molecule has 2 aliphatic heterocycles. The maximum Gasteiger partial charge on any atom is 0.252 e. The summed E-state index contributed by atoms with van der Waals surface area (Å²) in [5, 5.41) is 16.3. The first-order valence-corrected chi connectivity index (χ1v) is 11.6. The molecule has 30 heavy (non-hydrogen) atoms. The Labute approximate surface area is 177 Å². The largest absolute Gasteiger partial charge is 0.392 e. The number of rotatable bonds is 1. The van der Waals surface area contributed by atoms with E-state index in [1.807, 2.05) is 17.8 Å². The molecule has 1 amide bonds. The molecule has 7 rings (SSSR count). The molecule has 1 aliphatic carbocycles. The van der Waals surface area contributed by atoms with Gasteiger partial charge in [-0.1, -0.05) is 42.5 Å². The van der Waals surface area contributed by atoms with E-state index in [2.05, 4.69) is 52.8 Å². The number of carbonyl (C=O) groups excluding carboxylic acids is 1. The normalized spacial score (nSPS) is 24.3. The third kappa shape index (κ3) is 1.99. The van der Waals surface area contributed by atoms with Gasteiger partial charge in [0.05, 0.1) is 17.2 Å². The van der Waals surface area contributed by atoms with E-state index in [-0.39, 0.29) is 23.8 Å². The number of nitrogens with one attached hydrogen (secondary N) is 2. The Kier molecular flexibility index (Phi) is 3.34. The summed E-state index contributed by atoms with van der Waals surface area (Å²) in [4.78, 5) is 16.8. The molecular weight excluding hydrogens is 392 g/mol. The number of para-hydroxylation sites is 1. The molecule has 5 heteroatoms. The highest BCUT2D eigenvalue weighted by Gasteiger charge is 2.44. The summed E-state index contributed by atoms with van der Waals surface area (Å²) in [6.07, 6.45) is -0.333. The lowest BCUT2D eigenvalue weighted by molar-refractivity contribution is 0.0966. The summed E-state index contributed by atoms with van der Waals surface area (Å²) < 4.78 is 0. The van der Waals surface area contributed by atoms with Crippen molar-refractivity contribution in [2.75, 3.05) is 11.5 Å². The predicted molar refractivity (Wildman–Crippen MR) is 121 cm³/mol. The minimum Gasteiger partial charge on any atom is -0.392 e. The Balaban J connectivity index is 1.68. The molecule has 3 heterocycles. The Hall–Kier alpha value is -2.76. The highest BCUT2D eigenvalue weighted by Crippen LogP contribution is 2.56. The van der Waals surface area contributed by atoms with Crippen LogP contribution in [0.4, 0.5) is 0 Å². The second kappa shape index (κ2) is 5.90. The van der Waals surface area contributed by atoms with Crippen molar-refractivity contribution < 1.29 is 9.90 Å². The highest BCUT2D eigenvalue weighted by molar-refractivity contribution is 7.99. The van der Waals surface area contributed by atoms with Crippen LogP contribution in [-0.2, 0) is 6.54 Å². The maximum atomic E-state index is 13.1. The Morgan fingerprint density at radius 3 is 2.70 bits per heavy atom. The number of amides is 1. The van der Waals surface area contributed by atoms with Crippen LogP contribution in [0, 0.1) is 5.92 Å². The van der Waals surface area contributed by atoms with Crippen molar-refractivity contribution in [3.63, 3.8) is 0 Å². The van der Waals surface area contributed by atoms with Gasteiger partial charge < -0.3 is 15.4 Å². The zero-order valence-corrected chi connectivity index (χ0v) is 17.1. The van der Waals surface area contributed by atoms with Crippen molar-refractivity contribution in [2.24, 2.45) is 5.92 Å². The van der Waals surface area contributed by atoms with E-state index >= 15 is 0 Å². The zero-order chi connectivity index (χ0) is 20.0. The van der Waals surface area contributed by atoms with Gasteiger partial charge >= 0.3 is 0 Å². The van der Waals surface area contributed by atoms with Gasteiger partial charge in [-0.2, -0.15) is 11.8 Å². The van der Waals surface area contributed by atoms with Crippen LogP contribution in [0.15, 0.2) is 48.5 Å². The number of aliphatic hydroxyl groups excluding tert-OH is 1. The Morgan fingerprint density at radius 2 is 1.83 bits per heavy atom. The smallest absolute Gasteiger partial charge is 0.252 e. The number of carbonyl (C=O) groups is 1. The first kappa shape index (κ1) is 17.0. The fourth-order valence-corrected chi connectivity index (χ4v) is 7.25. The minimum absolute atomic E-state index is 0.0187. The number of aliphatic hydroxyl groups is 1. The Bertz CT molecular complexity index is 1390. The van der Waals surface area contributed by atoms with Crippen LogP contribution in [-0.4, -0.2) is 33.6 Å². The van der Waals surface area contributed by atoms with Gasteiger partial charge in [-0.15, -0.1) is 0 Å². The van der Waals surface area contributed by atoms with Crippen molar-refractivity contribution in [1.82, 2.24) is 10.3 Å². The number of aromatic amines is 1. The molecule has 148 valence electrons. The summed E-state index contributed by atoms with van der Waals surface area (Å²) in [6, 6.07) is 16.8. The van der Waals surface area contributed by atoms with Crippen molar-refractivity contribution in [3.8, 4) is 11.1 Å². The van der Waals surface area contributed by atoms with E-state index < -0.39 is 0 Å². The number of thioether (sulfide) groups is 1. The molecule has 0 spiro atoms. The molecule has 1 aromatic heterocycles. The van der Waals surface area contributed by atoms with E-state index in [4.69, 9.17) is 0 Å². The van der Waals surface area contributed by atoms with E-state index in [0.29, 0.717) is 6.54 Å². The zero-order valence-electron chi connectivity index (χ0n) is 16.2. The van der Waals surface area contributed by atoms with E-state index in [9.17, 15) is 9.90 Å². The standard InChI is InChI=1S/C25H20N2O2S/c28-18-11-30-10-16(18)19-12-5-1-2-6-13(12)21-22-15(9-26-25(22)29)20-14-7-3-4-8-17(14)27-24(20)23(19)21/h1-8,16,18-19,27-28H,9-11H2,(H,26,29). The van der Waals surface area contributed by atoms with Gasteiger partial charge in [-0.3, -0.25) is 4.79 Å². The van der Waals surface area contributed by atoms with E-state index in [1.165, 1.54) is 16.5 Å². The molecule has 3 atom stereocenters. The van der Waals surface area contributed by atoms with Gasteiger partial charge in [0.25, 0.3) is 5.91 Å². The molecule has 3 aromatic carbocycles. The van der Waals surface area contributed by atoms with E-state index in [0.717, 1.165) is 50.2 Å². The van der Waals surface area contributed by atoms with Gasteiger partial charge in [0.2, 0.25) is 0 Å². The first-order valence-electron chi connectivity index (χ1n) is 10.5. The molecule has 4 nitrogen and oxygen atoms in total. The molecule has 4 aromatic rings. The lowest BCUT2D eigenvalue weighted by Gasteiger charge is -2.24. The monoisotopic (exact) mass is 412 g/mol. The lowest BCUT2D eigenvalue weighted by atomic mass is 9.81. The number of hydrogen-bond acceptors (Lipinski definition) is 3. The maximum absolute atomic E-state index is 13.1. The Morgan fingerprint density at radius 1 is 1.00 bits per heavy atom. The third-order valence-electron chi connectivity index (χ3n) is 7.15. The summed E-state index contributed by atoms with van der Waals surface area (Å²) in [7, 11) is 0. The number of hydrogen-bond donors (Lipinski definition) is 3. The van der Waals surface area contributed by atoms with Gasteiger partial charge in [0.15, 0.2) is 0 Å². The minimum atomic E-state index is -0.333. The molecule has 0 bridgehead atoms. The lowest BCUT2D eigenvalue weighted by Crippen LogP contribution is -2.25. The average Bonchev–Trinajstić information content (AvgIpc) is 3.51. The number of aromatic nitrogens is 1. The molecule has 3 unspecified atom stereocenters. The summed E-state index contributed by atoms with van der Waals surface area (Å²) in [5.74, 6) is 1.97. The topological polar surface area (TPSA) is 65.1 Å². The van der Waals surface area contributed by atoms with Crippen molar-refractivity contribution in [2.45, 2.75) is 18.6 Å². The molecule has 1 saturated heterocycles. The molecule has 0 radical (unpaired) electrons. The van der Waals surface area contributed by atoms with Gasteiger partial charge in [0, 0.05) is 46.0 Å². The first-order chi connectivity index (χ1) is 14.7. The third-order valence-corrected chi connectivity index (χ3v) is 8.35. The van der Waals surface area contributed by atoms with Crippen LogP contribution in [0.2, 0.25) is 0 Å².